The lowest BCUT2D eigenvalue weighted by Crippen LogP contribution is -2.43. The fourth-order valence-corrected chi connectivity index (χ4v) is 1.18. The van der Waals surface area contributed by atoms with Gasteiger partial charge < -0.3 is 14.7 Å². The lowest BCUT2D eigenvalue weighted by atomic mass is 10.5. The van der Waals surface area contributed by atoms with E-state index in [9.17, 15) is 18.0 Å². The summed E-state index contributed by atoms with van der Waals surface area (Å²) in [6.07, 6.45) is -4.43. The van der Waals surface area contributed by atoms with E-state index in [1.54, 1.807) is 19.2 Å². The summed E-state index contributed by atoms with van der Waals surface area (Å²) in [6.45, 7) is 2.07. The topological polar surface area (TPSA) is 71.3 Å². The molecule has 0 fully saturated rings. The molecule has 0 aliphatic heterocycles. The van der Waals surface area contributed by atoms with Gasteiger partial charge in [0.05, 0.1) is 0 Å². The van der Waals surface area contributed by atoms with Gasteiger partial charge in [-0.15, -0.1) is 0 Å². The van der Waals surface area contributed by atoms with Gasteiger partial charge in [-0.1, -0.05) is 5.16 Å². The molecule has 0 unspecified atom stereocenters. The van der Waals surface area contributed by atoms with Crippen molar-refractivity contribution in [2.24, 2.45) is 0 Å². The first-order valence-electron chi connectivity index (χ1n) is 5.20. The van der Waals surface area contributed by atoms with Gasteiger partial charge in [0, 0.05) is 6.54 Å². The van der Waals surface area contributed by atoms with E-state index in [0.29, 0.717) is 5.82 Å². The monoisotopic (exact) mass is 266 g/mol. The van der Waals surface area contributed by atoms with Gasteiger partial charge >= 0.3 is 12.2 Å². The zero-order chi connectivity index (χ0) is 13.8. The predicted molar refractivity (Wildman–Crippen MR) is 54.6 cm³/mol. The number of aromatic nitrogens is 2. The second-order valence-corrected chi connectivity index (χ2v) is 3.52. The third kappa shape index (κ3) is 4.60. The molecule has 1 aromatic rings. The molecule has 0 radical (unpaired) electrons. The van der Waals surface area contributed by atoms with E-state index < -0.39 is 18.8 Å². The Balaban J connectivity index is 2.52. The van der Waals surface area contributed by atoms with Crippen molar-refractivity contribution >= 4 is 6.03 Å². The van der Waals surface area contributed by atoms with Crippen molar-refractivity contribution in [2.45, 2.75) is 26.6 Å². The third-order valence-electron chi connectivity index (χ3n) is 2.00. The van der Waals surface area contributed by atoms with E-state index >= 15 is 0 Å². The first kappa shape index (κ1) is 14.3. The number of nitrogens with zero attached hydrogens (tertiary/aromatic N) is 3. The molecule has 0 aliphatic carbocycles. The van der Waals surface area contributed by atoms with Gasteiger partial charge in [0.15, 0.2) is 5.82 Å². The van der Waals surface area contributed by atoms with Crippen LogP contribution < -0.4 is 5.32 Å². The number of rotatable bonds is 4. The van der Waals surface area contributed by atoms with Crippen LogP contribution in [-0.4, -0.2) is 40.3 Å². The van der Waals surface area contributed by atoms with E-state index in [4.69, 9.17) is 4.52 Å². The molecular weight excluding hydrogens is 253 g/mol. The Morgan fingerprint density at radius 2 is 2.17 bits per heavy atom. The Hall–Kier alpha value is -1.80. The Labute approximate surface area is 101 Å². The minimum atomic E-state index is -4.43. The van der Waals surface area contributed by atoms with Crippen LogP contribution in [0.3, 0.4) is 0 Å². The molecule has 0 saturated heterocycles. The second kappa shape index (κ2) is 5.69. The van der Waals surface area contributed by atoms with Crippen molar-refractivity contribution in [1.82, 2.24) is 20.4 Å². The molecule has 6 nitrogen and oxygen atoms in total. The van der Waals surface area contributed by atoms with Gasteiger partial charge in [-0.05, 0) is 13.8 Å². The quantitative estimate of drug-likeness (QED) is 0.895. The summed E-state index contributed by atoms with van der Waals surface area (Å²) in [7, 11) is 0. The van der Waals surface area contributed by atoms with Crippen molar-refractivity contribution in [3.63, 3.8) is 0 Å². The number of carbonyl (C=O) groups excluding carboxylic acids is 1. The van der Waals surface area contributed by atoms with Crippen LogP contribution in [0.4, 0.5) is 18.0 Å². The van der Waals surface area contributed by atoms with Gasteiger partial charge in [-0.2, -0.15) is 18.2 Å². The molecule has 0 saturated carbocycles. The first-order chi connectivity index (χ1) is 8.31. The van der Waals surface area contributed by atoms with Gasteiger partial charge in [0.2, 0.25) is 5.89 Å². The lowest BCUT2D eigenvalue weighted by molar-refractivity contribution is -0.123. The molecule has 0 aliphatic rings. The molecule has 2 amide bonds. The minimum Gasteiger partial charge on any atom is -0.337 e. The van der Waals surface area contributed by atoms with Gasteiger partial charge in [-0.3, -0.25) is 0 Å². The number of halogens is 3. The molecule has 1 rings (SSSR count). The standard InChI is InChI=1S/C9H13F3N4O2/c1-3-16(4-7-14-6(2)15-18-7)8(17)13-5-9(10,11)12/h3-5H2,1-2H3,(H,13,17). The Morgan fingerprint density at radius 3 is 2.61 bits per heavy atom. The molecule has 1 N–H and O–H groups in total. The summed E-state index contributed by atoms with van der Waals surface area (Å²) in [5.74, 6) is 0.577. The van der Waals surface area contributed by atoms with Crippen molar-refractivity contribution in [3.05, 3.63) is 11.7 Å². The maximum absolute atomic E-state index is 11.9. The molecule has 1 aromatic heterocycles. The molecule has 0 aromatic carbocycles. The van der Waals surface area contributed by atoms with Crippen LogP contribution in [0.2, 0.25) is 0 Å². The molecule has 1 heterocycles. The molecule has 102 valence electrons. The summed E-state index contributed by atoms with van der Waals surface area (Å²) in [4.78, 5) is 16.5. The highest BCUT2D eigenvalue weighted by Crippen LogP contribution is 2.12. The number of urea groups is 1. The smallest absolute Gasteiger partial charge is 0.337 e. The summed E-state index contributed by atoms with van der Waals surface area (Å²) in [5.41, 5.74) is 0. The summed E-state index contributed by atoms with van der Waals surface area (Å²) < 4.78 is 40.6. The average Bonchev–Trinajstić information content (AvgIpc) is 2.67. The maximum atomic E-state index is 11.9. The summed E-state index contributed by atoms with van der Waals surface area (Å²) in [6, 6.07) is -0.828. The van der Waals surface area contributed by atoms with Crippen LogP contribution in [0.1, 0.15) is 18.6 Å². The predicted octanol–water partition coefficient (Wildman–Crippen LogP) is 1.47. The SMILES string of the molecule is CCN(Cc1nc(C)no1)C(=O)NCC(F)(F)F. The Morgan fingerprint density at radius 1 is 1.50 bits per heavy atom. The summed E-state index contributed by atoms with van der Waals surface area (Å²) >= 11 is 0. The largest absolute Gasteiger partial charge is 0.405 e. The molecule has 0 spiro atoms. The highest BCUT2D eigenvalue weighted by Gasteiger charge is 2.28. The highest BCUT2D eigenvalue weighted by atomic mass is 19.4. The summed E-state index contributed by atoms with van der Waals surface area (Å²) in [5, 5.41) is 5.30. The molecule has 18 heavy (non-hydrogen) atoms. The average molecular weight is 266 g/mol. The van der Waals surface area contributed by atoms with E-state index in [1.807, 2.05) is 0 Å². The number of amides is 2. The number of carbonyl (C=O) groups is 1. The van der Waals surface area contributed by atoms with Crippen molar-refractivity contribution in [3.8, 4) is 0 Å². The maximum Gasteiger partial charge on any atom is 0.405 e. The number of aryl methyl sites for hydroxylation is 1. The van der Waals surface area contributed by atoms with Crippen LogP contribution in [0.5, 0.6) is 0 Å². The normalized spacial score (nSPS) is 11.4. The Bertz CT molecular complexity index is 405. The van der Waals surface area contributed by atoms with Crippen LogP contribution in [0, 0.1) is 6.92 Å². The van der Waals surface area contributed by atoms with Crippen LogP contribution >= 0.6 is 0 Å². The number of hydrogen-bond donors (Lipinski definition) is 1. The third-order valence-corrected chi connectivity index (χ3v) is 2.00. The van der Waals surface area contributed by atoms with Crippen molar-refractivity contribution < 1.29 is 22.5 Å². The molecule has 0 bridgehead atoms. The fraction of sp³-hybridized carbons (Fsp3) is 0.667. The van der Waals surface area contributed by atoms with E-state index in [-0.39, 0.29) is 19.0 Å². The van der Waals surface area contributed by atoms with E-state index in [0.717, 1.165) is 4.90 Å². The first-order valence-corrected chi connectivity index (χ1v) is 5.20. The second-order valence-electron chi connectivity index (χ2n) is 3.52. The zero-order valence-corrected chi connectivity index (χ0v) is 9.91. The van der Waals surface area contributed by atoms with E-state index in [2.05, 4.69) is 10.1 Å². The van der Waals surface area contributed by atoms with Crippen LogP contribution in [0.25, 0.3) is 0 Å². The van der Waals surface area contributed by atoms with Gasteiger partial charge in [-0.25, -0.2) is 4.79 Å². The lowest BCUT2D eigenvalue weighted by Gasteiger charge is -2.19. The minimum absolute atomic E-state index is 0.0268. The van der Waals surface area contributed by atoms with Crippen molar-refractivity contribution in [1.29, 1.82) is 0 Å². The van der Waals surface area contributed by atoms with Gasteiger partial charge in [0.25, 0.3) is 0 Å². The number of alkyl halides is 3. The van der Waals surface area contributed by atoms with Crippen LogP contribution in [0.15, 0.2) is 4.52 Å². The van der Waals surface area contributed by atoms with Gasteiger partial charge in [0.1, 0.15) is 13.1 Å². The van der Waals surface area contributed by atoms with Crippen LogP contribution in [-0.2, 0) is 6.54 Å². The van der Waals surface area contributed by atoms with Crippen molar-refractivity contribution in [2.75, 3.05) is 13.1 Å². The Kier molecular flexibility index (Phi) is 4.51. The number of hydrogen-bond acceptors (Lipinski definition) is 4. The van der Waals surface area contributed by atoms with E-state index in [1.165, 1.54) is 0 Å². The fourth-order valence-electron chi connectivity index (χ4n) is 1.18. The highest BCUT2D eigenvalue weighted by molar-refractivity contribution is 5.74. The molecule has 9 heteroatoms. The molecular formula is C9H13F3N4O2. The molecule has 0 atom stereocenters. The number of nitrogens with one attached hydrogen (secondary N) is 1. The zero-order valence-electron chi connectivity index (χ0n) is 9.91.